The molecule has 0 radical (unpaired) electrons. The lowest BCUT2D eigenvalue weighted by Gasteiger charge is -2.32. The molecule has 0 spiro atoms. The van der Waals surface area contributed by atoms with E-state index in [0.29, 0.717) is 10.6 Å². The summed E-state index contributed by atoms with van der Waals surface area (Å²) in [4.78, 5) is 28.2. The number of hydrogen-bond acceptors (Lipinski definition) is 4. The largest absolute Gasteiger partial charge is 0.352 e. The lowest BCUT2D eigenvalue weighted by molar-refractivity contribution is -0.139. The number of rotatable bonds is 10. The van der Waals surface area contributed by atoms with Gasteiger partial charge in [-0.3, -0.25) is 13.9 Å². The Balaban J connectivity index is 2.07. The van der Waals surface area contributed by atoms with Crippen LogP contribution in [0.2, 0.25) is 20.1 Å². The maximum atomic E-state index is 13.9. The number of sulfonamides is 1. The number of amides is 2. The summed E-state index contributed by atoms with van der Waals surface area (Å²) in [5, 5.41) is 3.76. The van der Waals surface area contributed by atoms with Gasteiger partial charge in [0.1, 0.15) is 12.6 Å². The Morgan fingerprint density at radius 3 is 1.95 bits per heavy atom. The molecule has 0 aliphatic heterocycles. The molecular weight excluding hydrogens is 616 g/mol. The van der Waals surface area contributed by atoms with E-state index in [-0.39, 0.29) is 38.2 Å². The number of aryl methyl sites for hydroxylation is 1. The first kappa shape index (κ1) is 32.0. The number of nitrogens with one attached hydrogen (secondary N) is 1. The predicted molar refractivity (Wildman–Crippen MR) is 162 cm³/mol. The summed E-state index contributed by atoms with van der Waals surface area (Å²) >= 11 is 24.6. The molecule has 0 aliphatic carbocycles. The highest BCUT2D eigenvalue weighted by molar-refractivity contribution is 7.92. The van der Waals surface area contributed by atoms with Gasteiger partial charge in [0.15, 0.2) is 0 Å². The van der Waals surface area contributed by atoms with Crippen LogP contribution in [0.25, 0.3) is 0 Å². The zero-order valence-corrected chi connectivity index (χ0v) is 26.1. The van der Waals surface area contributed by atoms with Gasteiger partial charge in [0.25, 0.3) is 10.0 Å². The van der Waals surface area contributed by atoms with E-state index in [1.54, 1.807) is 51.1 Å². The molecule has 214 valence electrons. The van der Waals surface area contributed by atoms with Crippen molar-refractivity contribution in [2.24, 2.45) is 0 Å². The molecule has 0 saturated carbocycles. The van der Waals surface area contributed by atoms with E-state index >= 15 is 0 Å². The third-order valence-corrected chi connectivity index (χ3v) is 9.28. The van der Waals surface area contributed by atoms with Crippen LogP contribution < -0.4 is 9.62 Å². The molecule has 1 N–H and O–H groups in total. The molecule has 2 amide bonds. The van der Waals surface area contributed by atoms with Crippen molar-refractivity contribution in [1.29, 1.82) is 0 Å². The van der Waals surface area contributed by atoms with Gasteiger partial charge in [-0.1, -0.05) is 70.2 Å². The van der Waals surface area contributed by atoms with E-state index in [0.717, 1.165) is 9.87 Å². The van der Waals surface area contributed by atoms with Crippen molar-refractivity contribution < 1.29 is 18.0 Å². The molecule has 40 heavy (non-hydrogen) atoms. The Hall–Kier alpha value is -2.49. The van der Waals surface area contributed by atoms with Gasteiger partial charge in [-0.2, -0.15) is 0 Å². The molecule has 3 rings (SSSR count). The molecule has 0 aliphatic rings. The van der Waals surface area contributed by atoms with Crippen LogP contribution in [0.5, 0.6) is 0 Å². The highest BCUT2D eigenvalue weighted by Crippen LogP contribution is 2.31. The van der Waals surface area contributed by atoms with Gasteiger partial charge >= 0.3 is 0 Å². The Morgan fingerprint density at radius 2 is 1.40 bits per heavy atom. The van der Waals surface area contributed by atoms with Gasteiger partial charge in [0.2, 0.25) is 11.8 Å². The molecule has 0 fully saturated rings. The van der Waals surface area contributed by atoms with Gasteiger partial charge in [0.05, 0.1) is 30.7 Å². The van der Waals surface area contributed by atoms with Crippen molar-refractivity contribution in [1.82, 2.24) is 10.2 Å². The zero-order chi connectivity index (χ0) is 29.8. The average Bonchev–Trinajstić information content (AvgIpc) is 2.88. The number of benzene rings is 3. The highest BCUT2D eigenvalue weighted by Gasteiger charge is 2.33. The number of carbonyl (C=O) groups is 2. The second-order valence-corrected chi connectivity index (χ2v) is 13.0. The first-order valence-electron chi connectivity index (χ1n) is 12.3. The average molecular weight is 645 g/mol. The molecule has 12 heteroatoms. The van der Waals surface area contributed by atoms with Gasteiger partial charge in [0, 0.05) is 12.6 Å². The maximum absolute atomic E-state index is 13.9. The number of hydrogen-bond donors (Lipinski definition) is 1. The van der Waals surface area contributed by atoms with Gasteiger partial charge < -0.3 is 10.2 Å². The van der Waals surface area contributed by atoms with Crippen molar-refractivity contribution in [2.75, 3.05) is 10.8 Å². The summed E-state index contributed by atoms with van der Waals surface area (Å²) in [5.74, 6) is -1.02. The highest BCUT2D eigenvalue weighted by atomic mass is 35.5. The van der Waals surface area contributed by atoms with E-state index in [9.17, 15) is 18.0 Å². The zero-order valence-electron chi connectivity index (χ0n) is 22.3. The summed E-state index contributed by atoms with van der Waals surface area (Å²) in [6.45, 7) is 6.37. The molecule has 3 aromatic carbocycles. The molecular formula is C28H29Cl4N3O4S. The van der Waals surface area contributed by atoms with Crippen molar-refractivity contribution in [3.63, 3.8) is 0 Å². The van der Waals surface area contributed by atoms with Crippen LogP contribution in [-0.2, 0) is 26.2 Å². The molecule has 0 aromatic heterocycles. The van der Waals surface area contributed by atoms with Crippen LogP contribution in [0.1, 0.15) is 31.9 Å². The second kappa shape index (κ2) is 13.4. The molecule has 1 atom stereocenters. The normalized spacial score (nSPS) is 12.2. The Kier molecular flexibility index (Phi) is 10.8. The molecule has 7 nitrogen and oxygen atoms in total. The Morgan fingerprint density at radius 1 is 0.825 bits per heavy atom. The number of halogens is 4. The second-order valence-electron chi connectivity index (χ2n) is 9.53. The molecule has 1 unspecified atom stereocenters. The fourth-order valence-electron chi connectivity index (χ4n) is 3.83. The number of nitrogens with zero attached hydrogens (tertiary/aromatic N) is 2. The molecule has 3 aromatic rings. The van der Waals surface area contributed by atoms with Gasteiger partial charge in [-0.15, -0.1) is 0 Å². The summed E-state index contributed by atoms with van der Waals surface area (Å²) in [7, 11) is -4.23. The first-order valence-corrected chi connectivity index (χ1v) is 15.2. The summed E-state index contributed by atoms with van der Waals surface area (Å²) in [5.41, 5.74) is 1.61. The van der Waals surface area contributed by atoms with E-state index in [1.165, 1.54) is 35.2 Å². The minimum atomic E-state index is -4.23. The minimum Gasteiger partial charge on any atom is -0.352 e. The fourth-order valence-corrected chi connectivity index (χ4v) is 5.85. The van der Waals surface area contributed by atoms with Crippen LogP contribution in [-0.4, -0.2) is 43.8 Å². The van der Waals surface area contributed by atoms with Crippen LogP contribution in [0.3, 0.4) is 0 Å². The monoisotopic (exact) mass is 643 g/mol. The van der Waals surface area contributed by atoms with Gasteiger partial charge in [-0.25, -0.2) is 8.42 Å². The Bertz CT molecular complexity index is 1500. The van der Waals surface area contributed by atoms with E-state index < -0.39 is 34.4 Å². The molecule has 0 bridgehead atoms. The SMILES string of the molecule is Cc1ccc(S(=O)(=O)N(CC(=O)N(Cc2ccc(Cl)c(Cl)c2)C(C)C(=O)NC(C)C)c2ccc(Cl)c(Cl)c2)cc1. The van der Waals surface area contributed by atoms with Crippen molar-refractivity contribution in [3.05, 3.63) is 91.9 Å². The maximum Gasteiger partial charge on any atom is 0.264 e. The van der Waals surface area contributed by atoms with Crippen LogP contribution in [0, 0.1) is 6.92 Å². The minimum absolute atomic E-state index is 0.0152. The third-order valence-electron chi connectivity index (χ3n) is 6.01. The third kappa shape index (κ3) is 7.83. The fraction of sp³-hybridized carbons (Fsp3) is 0.286. The van der Waals surface area contributed by atoms with E-state index in [1.807, 2.05) is 6.92 Å². The van der Waals surface area contributed by atoms with E-state index in [4.69, 9.17) is 46.4 Å². The molecule has 0 saturated heterocycles. The summed E-state index contributed by atoms with van der Waals surface area (Å²) in [6.07, 6.45) is 0. The van der Waals surface area contributed by atoms with Gasteiger partial charge in [-0.05, 0) is 75.7 Å². The topological polar surface area (TPSA) is 86.8 Å². The number of anilines is 1. The quantitative estimate of drug-likeness (QED) is 0.265. The lowest BCUT2D eigenvalue weighted by Crippen LogP contribution is -2.52. The smallest absolute Gasteiger partial charge is 0.264 e. The van der Waals surface area contributed by atoms with Crippen molar-refractivity contribution in [2.45, 2.75) is 51.2 Å². The summed E-state index contributed by atoms with van der Waals surface area (Å²) in [6, 6.07) is 14.3. The standard InChI is InChI=1S/C28H29Cl4N3O4S/c1-17(2)33-28(37)19(4)34(15-20-7-11-23(29)25(31)13-20)27(36)16-35(21-8-12-24(30)26(32)14-21)40(38,39)22-9-5-18(3)6-10-22/h5-14,17,19H,15-16H2,1-4H3,(H,33,37). The van der Waals surface area contributed by atoms with Crippen LogP contribution in [0.4, 0.5) is 5.69 Å². The van der Waals surface area contributed by atoms with E-state index in [2.05, 4.69) is 5.32 Å². The number of carbonyl (C=O) groups excluding carboxylic acids is 2. The van der Waals surface area contributed by atoms with Crippen LogP contribution in [0.15, 0.2) is 65.6 Å². The molecule has 0 heterocycles. The van der Waals surface area contributed by atoms with Crippen LogP contribution >= 0.6 is 46.4 Å². The lowest BCUT2D eigenvalue weighted by atomic mass is 10.1. The first-order chi connectivity index (χ1) is 18.7. The van der Waals surface area contributed by atoms with Crippen molar-refractivity contribution in [3.8, 4) is 0 Å². The predicted octanol–water partition coefficient (Wildman–Crippen LogP) is 6.75. The van der Waals surface area contributed by atoms with Crippen molar-refractivity contribution >= 4 is 73.9 Å². The Labute approximate surface area is 255 Å². The summed E-state index contributed by atoms with van der Waals surface area (Å²) < 4.78 is 28.7.